The van der Waals surface area contributed by atoms with Gasteiger partial charge in [0.25, 0.3) is 0 Å². The van der Waals surface area contributed by atoms with Crippen LogP contribution in [0.1, 0.15) is 33.4 Å². The van der Waals surface area contributed by atoms with Crippen molar-refractivity contribution < 1.29 is 9.72 Å². The molecule has 0 saturated carbocycles. The normalized spacial score (nSPS) is 12.9. The Kier molecular flexibility index (Phi) is 4.36. The lowest BCUT2D eigenvalue weighted by Crippen LogP contribution is -2.47. The molecule has 1 atom stereocenters. The van der Waals surface area contributed by atoms with Crippen LogP contribution in [0.5, 0.6) is 0 Å². The highest BCUT2D eigenvalue weighted by Gasteiger charge is 2.27. The summed E-state index contributed by atoms with van der Waals surface area (Å²) in [5, 5.41) is 20.7. The quantitative estimate of drug-likeness (QED) is 0.641. The average molecular weight is 283 g/mol. The van der Waals surface area contributed by atoms with Crippen LogP contribution in [0.25, 0.3) is 0 Å². The molecule has 0 spiro atoms. The Morgan fingerprint density at radius 3 is 2.45 bits per heavy atom. The summed E-state index contributed by atoms with van der Waals surface area (Å²) in [7, 11) is 1.59. The molecule has 8 nitrogen and oxygen atoms in total. The number of carbonyl (C=O) groups is 1. The predicted molar refractivity (Wildman–Crippen MR) is 75.6 cm³/mol. The number of nitrogens with zero attached hydrogens (tertiary/aromatic N) is 3. The molecule has 0 aromatic carbocycles. The van der Waals surface area contributed by atoms with Crippen LogP contribution >= 0.6 is 0 Å². The molecule has 0 aliphatic heterocycles. The van der Waals surface area contributed by atoms with E-state index in [0.29, 0.717) is 5.69 Å². The SMILES string of the molecule is Cc1nn(C)c(NC(C)C(=O)NC(C)(C)C)c1[N+](=O)[O-]. The van der Waals surface area contributed by atoms with Gasteiger partial charge in [-0.15, -0.1) is 0 Å². The Hall–Kier alpha value is -2.12. The van der Waals surface area contributed by atoms with Gasteiger partial charge >= 0.3 is 5.69 Å². The fourth-order valence-electron chi connectivity index (χ4n) is 1.78. The number of nitrogens with one attached hydrogen (secondary N) is 2. The molecule has 0 aliphatic carbocycles. The van der Waals surface area contributed by atoms with Crippen molar-refractivity contribution in [2.45, 2.75) is 46.2 Å². The molecule has 112 valence electrons. The largest absolute Gasteiger partial charge is 0.353 e. The number of aromatic nitrogens is 2. The minimum atomic E-state index is -0.609. The van der Waals surface area contributed by atoms with E-state index < -0.39 is 11.0 Å². The number of anilines is 1. The summed E-state index contributed by atoms with van der Waals surface area (Å²) in [6, 6.07) is -0.609. The van der Waals surface area contributed by atoms with Gasteiger partial charge in [-0.1, -0.05) is 0 Å². The van der Waals surface area contributed by atoms with E-state index in [2.05, 4.69) is 15.7 Å². The monoisotopic (exact) mass is 283 g/mol. The van der Waals surface area contributed by atoms with Crippen LogP contribution in [0, 0.1) is 17.0 Å². The fourth-order valence-corrected chi connectivity index (χ4v) is 1.78. The van der Waals surface area contributed by atoms with Gasteiger partial charge in [0.1, 0.15) is 11.7 Å². The first kappa shape index (κ1) is 15.9. The standard InChI is InChI=1S/C12H21N5O3/c1-7-9(17(19)20)10(16(6)15-7)13-8(2)11(18)14-12(3,4)5/h8,13H,1-6H3,(H,14,18). The Labute approximate surface area is 117 Å². The smallest absolute Gasteiger partial charge is 0.333 e. The van der Waals surface area contributed by atoms with Crippen LogP contribution in [0.15, 0.2) is 0 Å². The maximum atomic E-state index is 12.0. The average Bonchev–Trinajstić information content (AvgIpc) is 2.51. The molecular weight excluding hydrogens is 262 g/mol. The summed E-state index contributed by atoms with van der Waals surface area (Å²) < 4.78 is 1.37. The van der Waals surface area contributed by atoms with Gasteiger partial charge in [0.2, 0.25) is 11.7 Å². The Morgan fingerprint density at radius 1 is 1.45 bits per heavy atom. The van der Waals surface area contributed by atoms with Crippen LogP contribution in [0.4, 0.5) is 11.5 Å². The van der Waals surface area contributed by atoms with Gasteiger partial charge < -0.3 is 10.6 Å². The number of hydrogen-bond donors (Lipinski definition) is 2. The third kappa shape index (κ3) is 3.69. The molecule has 1 heterocycles. The highest BCUT2D eigenvalue weighted by molar-refractivity contribution is 5.85. The van der Waals surface area contributed by atoms with E-state index in [1.165, 1.54) is 4.68 Å². The van der Waals surface area contributed by atoms with Crippen molar-refractivity contribution >= 4 is 17.4 Å². The molecule has 1 aromatic heterocycles. The molecule has 0 fully saturated rings. The van der Waals surface area contributed by atoms with E-state index in [-0.39, 0.29) is 23.0 Å². The molecule has 2 N–H and O–H groups in total. The summed E-state index contributed by atoms with van der Waals surface area (Å²) in [5.74, 6) is -0.00490. The van der Waals surface area contributed by atoms with Crippen molar-refractivity contribution in [1.82, 2.24) is 15.1 Å². The number of hydrogen-bond acceptors (Lipinski definition) is 5. The summed E-state index contributed by atoms with van der Waals surface area (Å²) in [6.07, 6.45) is 0. The minimum absolute atomic E-state index is 0.108. The number of nitro groups is 1. The predicted octanol–water partition coefficient (Wildman–Crippen LogP) is 1.35. The first-order valence-corrected chi connectivity index (χ1v) is 6.29. The summed E-state index contributed by atoms with van der Waals surface area (Å²) >= 11 is 0. The number of amides is 1. The van der Waals surface area contributed by atoms with E-state index in [1.807, 2.05) is 20.8 Å². The second-order valence-corrected chi connectivity index (χ2v) is 5.77. The topological polar surface area (TPSA) is 102 Å². The van der Waals surface area contributed by atoms with Crippen LogP contribution in [-0.2, 0) is 11.8 Å². The van der Waals surface area contributed by atoms with Gasteiger partial charge in [-0.2, -0.15) is 5.10 Å². The van der Waals surface area contributed by atoms with Gasteiger partial charge in [0.05, 0.1) is 4.92 Å². The van der Waals surface area contributed by atoms with Crippen molar-refractivity contribution in [3.05, 3.63) is 15.8 Å². The lowest BCUT2D eigenvalue weighted by Gasteiger charge is -2.23. The van der Waals surface area contributed by atoms with Crippen LogP contribution in [0.2, 0.25) is 0 Å². The van der Waals surface area contributed by atoms with E-state index in [9.17, 15) is 14.9 Å². The van der Waals surface area contributed by atoms with Crippen molar-refractivity contribution in [3.63, 3.8) is 0 Å². The van der Waals surface area contributed by atoms with Crippen LogP contribution in [-0.4, -0.2) is 32.2 Å². The Bertz CT molecular complexity index is 530. The van der Waals surface area contributed by atoms with Crippen molar-refractivity contribution in [2.75, 3.05) is 5.32 Å². The third-order valence-electron chi connectivity index (χ3n) is 2.62. The molecule has 8 heteroatoms. The zero-order valence-corrected chi connectivity index (χ0v) is 12.6. The number of aryl methyl sites for hydroxylation is 2. The molecule has 1 amide bonds. The van der Waals surface area contributed by atoms with E-state index in [4.69, 9.17) is 0 Å². The molecule has 20 heavy (non-hydrogen) atoms. The zero-order chi connectivity index (χ0) is 15.7. The number of rotatable bonds is 4. The molecule has 0 saturated heterocycles. The van der Waals surface area contributed by atoms with E-state index in [1.54, 1.807) is 20.9 Å². The van der Waals surface area contributed by atoms with Crippen molar-refractivity contribution in [1.29, 1.82) is 0 Å². The highest BCUT2D eigenvalue weighted by atomic mass is 16.6. The Balaban J connectivity index is 2.94. The van der Waals surface area contributed by atoms with Gasteiger partial charge in [0, 0.05) is 12.6 Å². The first-order valence-electron chi connectivity index (χ1n) is 6.29. The second-order valence-electron chi connectivity index (χ2n) is 5.77. The first-order chi connectivity index (χ1) is 9.03. The lowest BCUT2D eigenvalue weighted by atomic mass is 10.1. The van der Waals surface area contributed by atoms with Crippen LogP contribution < -0.4 is 10.6 Å². The third-order valence-corrected chi connectivity index (χ3v) is 2.62. The molecule has 0 radical (unpaired) electrons. The highest BCUT2D eigenvalue weighted by Crippen LogP contribution is 2.27. The summed E-state index contributed by atoms with van der Waals surface area (Å²) in [4.78, 5) is 22.5. The fraction of sp³-hybridized carbons (Fsp3) is 0.667. The zero-order valence-electron chi connectivity index (χ0n) is 12.6. The Morgan fingerprint density at radius 2 is 2.00 bits per heavy atom. The lowest BCUT2D eigenvalue weighted by molar-refractivity contribution is -0.384. The molecule has 1 unspecified atom stereocenters. The molecule has 0 bridgehead atoms. The van der Waals surface area contributed by atoms with Crippen molar-refractivity contribution in [3.8, 4) is 0 Å². The van der Waals surface area contributed by atoms with Gasteiger partial charge in [0.15, 0.2) is 0 Å². The second kappa shape index (κ2) is 5.48. The van der Waals surface area contributed by atoms with Gasteiger partial charge in [-0.3, -0.25) is 14.9 Å². The van der Waals surface area contributed by atoms with E-state index >= 15 is 0 Å². The molecule has 0 aliphatic rings. The van der Waals surface area contributed by atoms with E-state index in [0.717, 1.165) is 0 Å². The maximum absolute atomic E-state index is 12.0. The van der Waals surface area contributed by atoms with Gasteiger partial charge in [-0.25, -0.2) is 4.68 Å². The molecule has 1 aromatic rings. The number of carbonyl (C=O) groups excluding carboxylic acids is 1. The van der Waals surface area contributed by atoms with Crippen molar-refractivity contribution in [2.24, 2.45) is 7.05 Å². The molecular formula is C12H21N5O3. The summed E-state index contributed by atoms with van der Waals surface area (Å²) in [5.41, 5.74) is -0.159. The summed E-state index contributed by atoms with van der Waals surface area (Å²) in [6.45, 7) is 8.81. The van der Waals surface area contributed by atoms with Crippen LogP contribution in [0.3, 0.4) is 0 Å². The minimum Gasteiger partial charge on any atom is -0.353 e. The molecule has 1 rings (SSSR count). The van der Waals surface area contributed by atoms with Gasteiger partial charge in [-0.05, 0) is 34.6 Å². The maximum Gasteiger partial charge on any atom is 0.333 e.